The number of rotatable bonds is 3. The molecule has 0 saturated carbocycles. The SMILES string of the molecule is COC(=O)c1ccc2cc(Oc3ccc(C(F)(F)F)nc3)ccc2n1.Fc1ccc(C(F)(F)F)nc1. The fraction of sp³-hybridized carbons (Fsp3) is 0.130. The Morgan fingerprint density at radius 1 is 0.778 bits per heavy atom. The highest BCUT2D eigenvalue weighted by Crippen LogP contribution is 2.30. The van der Waals surface area contributed by atoms with E-state index in [9.17, 15) is 35.5 Å². The molecule has 4 aromatic rings. The van der Waals surface area contributed by atoms with Crippen molar-refractivity contribution < 1.29 is 45.0 Å². The van der Waals surface area contributed by atoms with Crippen LogP contribution in [0.2, 0.25) is 0 Å². The number of carbonyl (C=O) groups excluding carboxylic acids is 1. The molecule has 0 saturated heterocycles. The highest BCUT2D eigenvalue weighted by Gasteiger charge is 2.32. The summed E-state index contributed by atoms with van der Waals surface area (Å²) in [5.74, 6) is -0.746. The number of hydrogen-bond donors (Lipinski definition) is 0. The summed E-state index contributed by atoms with van der Waals surface area (Å²) in [7, 11) is 1.27. The molecule has 0 atom stereocenters. The molecule has 0 aliphatic heterocycles. The molecule has 0 amide bonds. The van der Waals surface area contributed by atoms with Crippen molar-refractivity contribution in [2.45, 2.75) is 12.4 Å². The minimum atomic E-state index is -4.50. The normalized spacial score (nSPS) is 11.4. The van der Waals surface area contributed by atoms with Gasteiger partial charge in [-0.2, -0.15) is 26.3 Å². The fourth-order valence-corrected chi connectivity index (χ4v) is 2.67. The quantitative estimate of drug-likeness (QED) is 0.231. The molecule has 3 heterocycles. The molecule has 13 heteroatoms. The summed E-state index contributed by atoms with van der Waals surface area (Å²) < 4.78 is 94.8. The van der Waals surface area contributed by atoms with Gasteiger partial charge in [0.2, 0.25) is 0 Å². The summed E-state index contributed by atoms with van der Waals surface area (Å²) >= 11 is 0. The number of fused-ring (bicyclic) bond motifs is 1. The topological polar surface area (TPSA) is 74.2 Å². The molecule has 0 spiro atoms. The number of hydrogen-bond acceptors (Lipinski definition) is 6. The van der Waals surface area contributed by atoms with Gasteiger partial charge in [0, 0.05) is 5.39 Å². The minimum Gasteiger partial charge on any atom is -0.464 e. The summed E-state index contributed by atoms with van der Waals surface area (Å²) in [5.41, 5.74) is -1.34. The van der Waals surface area contributed by atoms with Gasteiger partial charge in [0.25, 0.3) is 0 Å². The van der Waals surface area contributed by atoms with Crippen LogP contribution in [0.25, 0.3) is 10.9 Å². The second-order valence-corrected chi connectivity index (χ2v) is 6.88. The van der Waals surface area contributed by atoms with E-state index in [0.29, 0.717) is 28.9 Å². The number of benzene rings is 1. The third-order valence-corrected chi connectivity index (χ3v) is 4.34. The molecular formula is C23H14F7N3O3. The predicted molar refractivity (Wildman–Crippen MR) is 112 cm³/mol. The zero-order chi connectivity index (χ0) is 26.5. The lowest BCUT2D eigenvalue weighted by Gasteiger charge is -2.09. The van der Waals surface area contributed by atoms with Gasteiger partial charge >= 0.3 is 18.3 Å². The maximum absolute atomic E-state index is 12.5. The van der Waals surface area contributed by atoms with Gasteiger partial charge in [0.1, 0.15) is 34.4 Å². The van der Waals surface area contributed by atoms with E-state index >= 15 is 0 Å². The molecule has 0 radical (unpaired) electrons. The van der Waals surface area contributed by atoms with Crippen LogP contribution in [0.4, 0.5) is 30.7 Å². The molecule has 0 aliphatic rings. The van der Waals surface area contributed by atoms with E-state index in [1.54, 1.807) is 24.3 Å². The molecule has 1 aromatic carbocycles. The van der Waals surface area contributed by atoms with Crippen molar-refractivity contribution in [3.05, 3.63) is 89.9 Å². The summed E-state index contributed by atoms with van der Waals surface area (Å²) in [4.78, 5) is 21.8. The lowest BCUT2D eigenvalue weighted by molar-refractivity contribution is -0.142. The van der Waals surface area contributed by atoms with Crippen LogP contribution in [0.3, 0.4) is 0 Å². The number of esters is 1. The largest absolute Gasteiger partial charge is 0.464 e. The van der Waals surface area contributed by atoms with Gasteiger partial charge < -0.3 is 9.47 Å². The van der Waals surface area contributed by atoms with Gasteiger partial charge in [-0.05, 0) is 48.5 Å². The number of halogens is 7. The number of ether oxygens (including phenoxy) is 2. The average molecular weight is 513 g/mol. The predicted octanol–water partition coefficient (Wildman–Crippen LogP) is 6.47. The van der Waals surface area contributed by atoms with Gasteiger partial charge in [-0.1, -0.05) is 6.07 Å². The smallest absolute Gasteiger partial charge is 0.433 e. The van der Waals surface area contributed by atoms with Gasteiger partial charge in [-0.25, -0.2) is 24.1 Å². The maximum Gasteiger partial charge on any atom is 0.433 e. The van der Waals surface area contributed by atoms with Crippen molar-refractivity contribution in [1.29, 1.82) is 0 Å². The Morgan fingerprint density at radius 3 is 1.92 bits per heavy atom. The average Bonchev–Trinajstić information content (AvgIpc) is 2.83. The molecule has 0 bridgehead atoms. The fourth-order valence-electron chi connectivity index (χ4n) is 2.67. The van der Waals surface area contributed by atoms with Crippen LogP contribution >= 0.6 is 0 Å². The molecule has 4 rings (SSSR count). The Hall–Kier alpha value is -4.29. The Morgan fingerprint density at radius 2 is 1.39 bits per heavy atom. The highest BCUT2D eigenvalue weighted by atomic mass is 19.4. The summed E-state index contributed by atoms with van der Waals surface area (Å²) in [6.07, 6.45) is -7.45. The van der Waals surface area contributed by atoms with E-state index in [-0.39, 0.29) is 11.4 Å². The molecule has 188 valence electrons. The number of nitrogens with zero attached hydrogens (tertiary/aromatic N) is 3. The third kappa shape index (κ3) is 6.87. The van der Waals surface area contributed by atoms with Gasteiger partial charge in [-0.15, -0.1) is 0 Å². The second-order valence-electron chi connectivity index (χ2n) is 6.88. The molecule has 36 heavy (non-hydrogen) atoms. The minimum absolute atomic E-state index is 0.173. The van der Waals surface area contributed by atoms with Gasteiger partial charge in [0.15, 0.2) is 0 Å². The first-order valence-corrected chi connectivity index (χ1v) is 9.76. The van der Waals surface area contributed by atoms with E-state index < -0.39 is 35.5 Å². The molecule has 0 unspecified atom stereocenters. The van der Waals surface area contributed by atoms with Crippen LogP contribution in [0.5, 0.6) is 11.5 Å². The Kier molecular flexibility index (Phi) is 7.71. The van der Waals surface area contributed by atoms with E-state index in [1.165, 1.54) is 19.2 Å². The Bertz CT molecular complexity index is 1340. The summed E-state index contributed by atoms with van der Waals surface area (Å²) in [6.45, 7) is 0. The monoisotopic (exact) mass is 513 g/mol. The van der Waals surface area contributed by atoms with Crippen LogP contribution in [0.1, 0.15) is 21.9 Å². The number of aromatic nitrogens is 3. The molecular weight excluding hydrogens is 499 g/mol. The molecule has 0 fully saturated rings. The van der Waals surface area contributed by atoms with Crippen LogP contribution in [-0.4, -0.2) is 28.0 Å². The van der Waals surface area contributed by atoms with Crippen LogP contribution in [0.15, 0.2) is 67.0 Å². The third-order valence-electron chi connectivity index (χ3n) is 4.34. The van der Waals surface area contributed by atoms with E-state index in [2.05, 4.69) is 19.7 Å². The number of pyridine rings is 3. The first kappa shape index (κ1) is 26.3. The van der Waals surface area contributed by atoms with Gasteiger partial charge in [-0.3, -0.25) is 0 Å². The van der Waals surface area contributed by atoms with Crippen molar-refractivity contribution in [2.24, 2.45) is 0 Å². The van der Waals surface area contributed by atoms with Crippen molar-refractivity contribution in [3.63, 3.8) is 0 Å². The lowest BCUT2D eigenvalue weighted by atomic mass is 10.2. The van der Waals surface area contributed by atoms with Crippen molar-refractivity contribution >= 4 is 16.9 Å². The maximum atomic E-state index is 12.5. The number of carbonyl (C=O) groups is 1. The van der Waals surface area contributed by atoms with Crippen LogP contribution in [0, 0.1) is 5.82 Å². The zero-order valence-corrected chi connectivity index (χ0v) is 18.1. The van der Waals surface area contributed by atoms with E-state index in [0.717, 1.165) is 18.3 Å². The molecule has 6 nitrogen and oxygen atoms in total. The number of alkyl halides is 6. The molecule has 0 N–H and O–H groups in total. The molecule has 0 aliphatic carbocycles. The lowest BCUT2D eigenvalue weighted by Crippen LogP contribution is -2.07. The summed E-state index contributed by atoms with van der Waals surface area (Å²) in [5, 5.41) is 0.699. The first-order valence-electron chi connectivity index (χ1n) is 9.76. The van der Waals surface area contributed by atoms with E-state index in [1.807, 2.05) is 0 Å². The zero-order valence-electron chi connectivity index (χ0n) is 18.1. The number of methoxy groups -OCH3 is 1. The van der Waals surface area contributed by atoms with Crippen LogP contribution < -0.4 is 4.74 Å². The standard InChI is InChI=1S/C17H11F3N2O3.C6H3F4N/c1-24-16(23)14-5-2-10-8-11(3-6-13(10)22-14)25-12-4-7-15(21-9-12)17(18,19)20;7-4-1-2-5(11-3-4)6(8,9)10/h2-9H,1H3;1-3H. The van der Waals surface area contributed by atoms with Gasteiger partial charge in [0.05, 0.1) is 25.0 Å². The Labute approximate surface area is 198 Å². The van der Waals surface area contributed by atoms with Crippen LogP contribution in [-0.2, 0) is 17.1 Å². The first-order chi connectivity index (χ1) is 16.9. The van der Waals surface area contributed by atoms with Crippen molar-refractivity contribution in [3.8, 4) is 11.5 Å². The van der Waals surface area contributed by atoms with Crippen molar-refractivity contribution in [2.75, 3.05) is 7.11 Å². The second kappa shape index (κ2) is 10.5. The van der Waals surface area contributed by atoms with E-state index in [4.69, 9.17) is 4.74 Å². The van der Waals surface area contributed by atoms with Crippen molar-refractivity contribution in [1.82, 2.24) is 15.0 Å². The summed E-state index contributed by atoms with van der Waals surface area (Å²) in [6, 6.07) is 11.4. The Balaban J connectivity index is 0.000000275. The highest BCUT2D eigenvalue weighted by molar-refractivity contribution is 5.91. The molecule has 3 aromatic heterocycles.